The van der Waals surface area contributed by atoms with Crippen LogP contribution in [0.25, 0.3) is 11.1 Å². The van der Waals surface area contributed by atoms with Crippen molar-refractivity contribution in [2.24, 2.45) is 0 Å². The fourth-order valence-electron chi connectivity index (χ4n) is 2.57. The Morgan fingerprint density at radius 2 is 1.84 bits per heavy atom. The van der Waals surface area contributed by atoms with Gasteiger partial charge in [0, 0.05) is 24.9 Å². The summed E-state index contributed by atoms with van der Waals surface area (Å²) in [6, 6.07) is 14.6. The van der Waals surface area contributed by atoms with E-state index in [4.69, 9.17) is 4.42 Å². The van der Waals surface area contributed by atoms with Crippen molar-refractivity contribution in [1.82, 2.24) is 10.3 Å². The van der Waals surface area contributed by atoms with Gasteiger partial charge in [-0.3, -0.25) is 14.6 Å². The number of carbonyl (C=O) groups is 2. The lowest BCUT2D eigenvalue weighted by molar-refractivity contribution is -0.121. The van der Waals surface area contributed by atoms with Crippen LogP contribution in [0, 0.1) is 0 Å². The van der Waals surface area contributed by atoms with Gasteiger partial charge in [-0.25, -0.2) is 4.79 Å². The molecule has 0 fully saturated rings. The summed E-state index contributed by atoms with van der Waals surface area (Å²) in [5.74, 6) is -0.875. The molecule has 2 aromatic carbocycles. The number of hydrogen-bond acceptors (Lipinski definition) is 4. The molecule has 0 aliphatic carbocycles. The van der Waals surface area contributed by atoms with Gasteiger partial charge in [-0.1, -0.05) is 30.3 Å². The van der Waals surface area contributed by atoms with E-state index >= 15 is 0 Å². The van der Waals surface area contributed by atoms with Gasteiger partial charge < -0.3 is 9.73 Å². The Morgan fingerprint density at radius 1 is 1.04 bits per heavy atom. The fraction of sp³-hybridized carbons (Fsp3) is 0.211. The van der Waals surface area contributed by atoms with E-state index in [1.165, 1.54) is 6.07 Å². The standard InChI is InChI=1S/C19H18N2O4/c22-16(14-6-7-15-17(12-14)25-19(24)21-15)8-9-18(23)20-11-10-13-4-2-1-3-5-13/h1-7,12H,8-11H2,(H,20,23)(H,21,24). The minimum Gasteiger partial charge on any atom is -0.408 e. The van der Waals surface area contributed by atoms with Gasteiger partial charge in [-0.2, -0.15) is 0 Å². The highest BCUT2D eigenvalue weighted by Crippen LogP contribution is 2.14. The first-order valence-corrected chi connectivity index (χ1v) is 8.08. The molecule has 0 saturated heterocycles. The third-order valence-electron chi connectivity index (χ3n) is 3.90. The van der Waals surface area contributed by atoms with Crippen LogP contribution in [0.1, 0.15) is 28.8 Å². The molecule has 6 nitrogen and oxygen atoms in total. The lowest BCUT2D eigenvalue weighted by atomic mass is 10.1. The zero-order valence-electron chi connectivity index (χ0n) is 13.6. The van der Waals surface area contributed by atoms with E-state index < -0.39 is 5.76 Å². The van der Waals surface area contributed by atoms with Crippen molar-refractivity contribution in [1.29, 1.82) is 0 Å². The molecule has 0 atom stereocenters. The van der Waals surface area contributed by atoms with Crippen molar-refractivity contribution in [2.45, 2.75) is 19.3 Å². The quantitative estimate of drug-likeness (QED) is 0.647. The molecule has 2 N–H and O–H groups in total. The number of rotatable bonds is 7. The van der Waals surface area contributed by atoms with Crippen LogP contribution >= 0.6 is 0 Å². The topological polar surface area (TPSA) is 92.2 Å². The van der Waals surface area contributed by atoms with Crippen LogP contribution in [0.2, 0.25) is 0 Å². The molecule has 0 bridgehead atoms. The molecule has 1 heterocycles. The molecule has 6 heteroatoms. The van der Waals surface area contributed by atoms with E-state index in [1.54, 1.807) is 12.1 Å². The molecule has 3 rings (SSSR count). The van der Waals surface area contributed by atoms with E-state index in [9.17, 15) is 14.4 Å². The first-order chi connectivity index (χ1) is 12.1. The highest BCUT2D eigenvalue weighted by Gasteiger charge is 2.11. The summed E-state index contributed by atoms with van der Waals surface area (Å²) in [4.78, 5) is 37.7. The largest absolute Gasteiger partial charge is 0.417 e. The Morgan fingerprint density at radius 3 is 2.64 bits per heavy atom. The van der Waals surface area contributed by atoms with Crippen LogP contribution in [-0.2, 0) is 11.2 Å². The summed E-state index contributed by atoms with van der Waals surface area (Å²) in [5, 5.41) is 2.81. The first kappa shape index (κ1) is 16.7. The lowest BCUT2D eigenvalue weighted by Crippen LogP contribution is -2.26. The minimum absolute atomic E-state index is 0.108. The zero-order chi connectivity index (χ0) is 17.6. The second-order valence-electron chi connectivity index (χ2n) is 5.73. The highest BCUT2D eigenvalue weighted by molar-refractivity contribution is 6.00. The Hall–Kier alpha value is -3.15. The van der Waals surface area contributed by atoms with E-state index in [2.05, 4.69) is 10.3 Å². The number of amides is 1. The summed E-state index contributed by atoms with van der Waals surface area (Å²) in [6.45, 7) is 0.539. The Kier molecular flexibility index (Phi) is 5.09. The molecule has 0 spiro atoms. The third kappa shape index (κ3) is 4.44. The molecular weight excluding hydrogens is 320 g/mol. The zero-order valence-corrected chi connectivity index (χ0v) is 13.6. The average molecular weight is 338 g/mol. The van der Waals surface area contributed by atoms with Crippen LogP contribution in [0.15, 0.2) is 57.7 Å². The van der Waals surface area contributed by atoms with Gasteiger partial charge in [0.15, 0.2) is 11.4 Å². The number of Topliss-reactive ketones (excluding diaryl/α,β-unsaturated/α-hetero) is 1. The maximum absolute atomic E-state index is 12.2. The smallest absolute Gasteiger partial charge is 0.408 e. The number of hydrogen-bond donors (Lipinski definition) is 2. The monoisotopic (exact) mass is 338 g/mol. The molecule has 0 saturated carbocycles. The molecule has 1 amide bonds. The average Bonchev–Trinajstić information content (AvgIpc) is 2.99. The molecule has 0 radical (unpaired) electrons. The second kappa shape index (κ2) is 7.61. The summed E-state index contributed by atoms with van der Waals surface area (Å²) in [7, 11) is 0. The third-order valence-corrected chi connectivity index (χ3v) is 3.90. The number of nitrogens with one attached hydrogen (secondary N) is 2. The molecule has 1 aromatic heterocycles. The van der Waals surface area contributed by atoms with Crippen molar-refractivity contribution in [2.75, 3.05) is 6.54 Å². The first-order valence-electron chi connectivity index (χ1n) is 8.08. The summed E-state index contributed by atoms with van der Waals surface area (Å²) in [5.41, 5.74) is 2.45. The van der Waals surface area contributed by atoms with E-state index in [-0.39, 0.29) is 24.5 Å². The Bertz CT molecular complexity index is 941. The number of fused-ring (bicyclic) bond motifs is 1. The van der Waals surface area contributed by atoms with Crippen LogP contribution < -0.4 is 11.1 Å². The van der Waals surface area contributed by atoms with Crippen LogP contribution in [0.3, 0.4) is 0 Å². The van der Waals surface area contributed by atoms with Crippen molar-refractivity contribution in [3.05, 3.63) is 70.2 Å². The van der Waals surface area contributed by atoms with Gasteiger partial charge in [0.05, 0.1) is 5.52 Å². The van der Waals surface area contributed by atoms with Gasteiger partial charge in [-0.15, -0.1) is 0 Å². The van der Waals surface area contributed by atoms with Crippen molar-refractivity contribution in [3.8, 4) is 0 Å². The van der Waals surface area contributed by atoms with Crippen molar-refractivity contribution < 1.29 is 14.0 Å². The minimum atomic E-state index is -0.558. The molecule has 128 valence electrons. The summed E-state index contributed by atoms with van der Waals surface area (Å²) < 4.78 is 4.94. The molecule has 25 heavy (non-hydrogen) atoms. The Balaban J connectivity index is 1.47. The number of ketones is 1. The summed E-state index contributed by atoms with van der Waals surface area (Å²) in [6.07, 6.45) is 0.990. The SMILES string of the molecule is O=C(CCC(=O)c1ccc2[nH]c(=O)oc2c1)NCCc1ccccc1. The lowest BCUT2D eigenvalue weighted by Gasteiger charge is -2.05. The van der Waals surface area contributed by atoms with Crippen LogP contribution in [0.4, 0.5) is 0 Å². The van der Waals surface area contributed by atoms with Crippen molar-refractivity contribution in [3.63, 3.8) is 0 Å². The van der Waals surface area contributed by atoms with E-state index in [0.717, 1.165) is 12.0 Å². The van der Waals surface area contributed by atoms with Crippen molar-refractivity contribution >= 4 is 22.8 Å². The Labute approximate surface area is 143 Å². The molecular formula is C19H18N2O4. The van der Waals surface area contributed by atoms with Gasteiger partial charge in [0.1, 0.15) is 0 Å². The van der Waals surface area contributed by atoms with E-state index in [0.29, 0.717) is 23.2 Å². The number of benzene rings is 2. The molecule has 3 aromatic rings. The molecule has 0 aliphatic heterocycles. The van der Waals surface area contributed by atoms with Gasteiger partial charge in [-0.05, 0) is 30.2 Å². The second-order valence-corrected chi connectivity index (χ2v) is 5.73. The van der Waals surface area contributed by atoms with Gasteiger partial charge >= 0.3 is 5.76 Å². The summed E-state index contributed by atoms with van der Waals surface area (Å²) >= 11 is 0. The molecule has 0 aliphatic rings. The van der Waals surface area contributed by atoms with Gasteiger partial charge in [0.25, 0.3) is 0 Å². The van der Waals surface area contributed by atoms with Gasteiger partial charge in [0.2, 0.25) is 5.91 Å². The predicted molar refractivity (Wildman–Crippen MR) is 93.6 cm³/mol. The normalized spacial score (nSPS) is 10.7. The maximum atomic E-state index is 12.2. The van der Waals surface area contributed by atoms with Crippen LogP contribution in [-0.4, -0.2) is 23.2 Å². The number of carbonyl (C=O) groups excluding carboxylic acids is 2. The maximum Gasteiger partial charge on any atom is 0.417 e. The number of oxazole rings is 1. The predicted octanol–water partition coefficient (Wildman–Crippen LogP) is 2.44. The highest BCUT2D eigenvalue weighted by atomic mass is 16.4. The number of H-pyrrole nitrogens is 1. The number of aromatic nitrogens is 1. The number of aromatic amines is 1. The van der Waals surface area contributed by atoms with E-state index in [1.807, 2.05) is 30.3 Å². The fourth-order valence-corrected chi connectivity index (χ4v) is 2.57. The molecule has 0 unspecified atom stereocenters. The van der Waals surface area contributed by atoms with Crippen LogP contribution in [0.5, 0.6) is 0 Å².